The zero-order valence-electron chi connectivity index (χ0n) is 8.82. The van der Waals surface area contributed by atoms with Crippen LogP contribution in [0.4, 0.5) is 0 Å². The van der Waals surface area contributed by atoms with Crippen LogP contribution in [-0.2, 0) is 19.7 Å². The maximum absolute atomic E-state index is 10.8. The van der Waals surface area contributed by atoms with Crippen molar-refractivity contribution in [1.82, 2.24) is 0 Å². The largest absolute Gasteiger partial charge is 0.481 e. The average molecular weight is 254 g/mol. The fourth-order valence-corrected chi connectivity index (χ4v) is 1.62. The number of hydrogen-bond acceptors (Lipinski definition) is 4. The van der Waals surface area contributed by atoms with Crippen LogP contribution in [0.2, 0.25) is 0 Å². The topological polar surface area (TPSA) is 129 Å². The lowest BCUT2D eigenvalue weighted by molar-refractivity contribution is -0.153. The van der Waals surface area contributed by atoms with Crippen molar-refractivity contribution in [2.75, 3.05) is 0 Å². The minimum Gasteiger partial charge on any atom is -0.481 e. The highest BCUT2D eigenvalue weighted by atomic mass is 32.2. The molecule has 7 nitrogen and oxygen atoms in total. The number of rotatable bonds is 6. The van der Waals surface area contributed by atoms with Crippen LogP contribution in [0.1, 0.15) is 20.3 Å². The number of hydrogen-bond donors (Lipinski definition) is 3. The third-order valence-electron chi connectivity index (χ3n) is 2.40. The van der Waals surface area contributed by atoms with E-state index in [0.717, 1.165) is 6.92 Å². The Labute approximate surface area is 92.8 Å². The molecule has 16 heavy (non-hydrogen) atoms. The molecular weight excluding hydrogens is 240 g/mol. The van der Waals surface area contributed by atoms with Crippen LogP contribution in [0.5, 0.6) is 0 Å². The standard InChI is InChI=1S/C8H14O7S/c1-4(16(13,14)15)3-6(8(11)12)5(2)7(9)10/h4-6H,3H2,1-2H3,(H,9,10)(H,11,12)(H,13,14,15). The van der Waals surface area contributed by atoms with Crippen LogP contribution in [0, 0.1) is 11.8 Å². The van der Waals surface area contributed by atoms with Crippen LogP contribution in [0.15, 0.2) is 0 Å². The van der Waals surface area contributed by atoms with E-state index in [1.54, 1.807) is 0 Å². The summed E-state index contributed by atoms with van der Waals surface area (Å²) in [4.78, 5) is 21.4. The lowest BCUT2D eigenvalue weighted by Crippen LogP contribution is -2.32. The third kappa shape index (κ3) is 4.15. The lowest BCUT2D eigenvalue weighted by Gasteiger charge is -2.18. The molecule has 0 heterocycles. The third-order valence-corrected chi connectivity index (χ3v) is 3.61. The molecule has 8 heteroatoms. The highest BCUT2D eigenvalue weighted by Crippen LogP contribution is 2.21. The van der Waals surface area contributed by atoms with Crippen LogP contribution in [0.25, 0.3) is 0 Å². The second kappa shape index (κ2) is 5.26. The summed E-state index contributed by atoms with van der Waals surface area (Å²) in [6.07, 6.45) is -0.443. The minimum absolute atomic E-state index is 0.443. The molecule has 0 spiro atoms. The molecule has 0 aromatic rings. The first-order valence-electron chi connectivity index (χ1n) is 4.49. The van der Waals surface area contributed by atoms with E-state index < -0.39 is 45.6 Å². The predicted molar refractivity (Wildman–Crippen MR) is 53.6 cm³/mol. The van der Waals surface area contributed by atoms with E-state index in [2.05, 4.69) is 0 Å². The van der Waals surface area contributed by atoms with Crippen molar-refractivity contribution in [2.24, 2.45) is 11.8 Å². The Bertz CT molecular complexity index is 372. The van der Waals surface area contributed by atoms with Crippen molar-refractivity contribution in [1.29, 1.82) is 0 Å². The summed E-state index contributed by atoms with van der Waals surface area (Å²) >= 11 is 0. The van der Waals surface area contributed by atoms with Gasteiger partial charge in [0.1, 0.15) is 0 Å². The van der Waals surface area contributed by atoms with Crippen LogP contribution >= 0.6 is 0 Å². The average Bonchev–Trinajstić information content (AvgIpc) is 2.10. The summed E-state index contributed by atoms with van der Waals surface area (Å²) in [5.74, 6) is -5.29. The van der Waals surface area contributed by atoms with E-state index in [-0.39, 0.29) is 0 Å². The van der Waals surface area contributed by atoms with Gasteiger partial charge in [0.15, 0.2) is 0 Å². The molecule has 3 unspecified atom stereocenters. The monoisotopic (exact) mass is 254 g/mol. The van der Waals surface area contributed by atoms with Crippen molar-refractivity contribution in [2.45, 2.75) is 25.5 Å². The van der Waals surface area contributed by atoms with Gasteiger partial charge in [-0.1, -0.05) is 6.92 Å². The van der Waals surface area contributed by atoms with Gasteiger partial charge < -0.3 is 10.2 Å². The normalized spacial score (nSPS) is 17.4. The second-order valence-electron chi connectivity index (χ2n) is 3.63. The van der Waals surface area contributed by atoms with Crippen molar-refractivity contribution in [3.63, 3.8) is 0 Å². The first-order chi connectivity index (χ1) is 7.07. The molecule has 0 saturated carbocycles. The molecule has 0 aromatic carbocycles. The quantitative estimate of drug-likeness (QED) is 0.572. The minimum atomic E-state index is -4.35. The maximum Gasteiger partial charge on any atom is 0.307 e. The molecule has 0 saturated heterocycles. The SMILES string of the molecule is CC(C(=O)O)C(CC(C)S(=O)(=O)O)C(=O)O. The van der Waals surface area contributed by atoms with Gasteiger partial charge in [0, 0.05) is 0 Å². The number of aliphatic carboxylic acids is 2. The molecule has 0 amide bonds. The summed E-state index contributed by atoms with van der Waals surface area (Å²) in [5, 5.41) is 16.1. The molecule has 0 bridgehead atoms. The zero-order valence-corrected chi connectivity index (χ0v) is 9.64. The van der Waals surface area contributed by atoms with Gasteiger partial charge in [-0.15, -0.1) is 0 Å². The molecule has 0 aliphatic heterocycles. The molecule has 94 valence electrons. The summed E-state index contributed by atoms with van der Waals surface area (Å²) in [6.45, 7) is 2.30. The van der Waals surface area contributed by atoms with Gasteiger partial charge in [-0.3, -0.25) is 14.1 Å². The van der Waals surface area contributed by atoms with Crippen LogP contribution < -0.4 is 0 Å². The molecule has 0 aliphatic carbocycles. The Morgan fingerprint density at radius 2 is 1.56 bits per heavy atom. The van der Waals surface area contributed by atoms with Gasteiger partial charge in [-0.2, -0.15) is 8.42 Å². The Morgan fingerprint density at radius 3 is 1.81 bits per heavy atom. The van der Waals surface area contributed by atoms with E-state index in [9.17, 15) is 18.0 Å². The van der Waals surface area contributed by atoms with Crippen LogP contribution in [0.3, 0.4) is 0 Å². The first kappa shape index (κ1) is 14.8. The summed E-state index contributed by atoms with van der Waals surface area (Å²) in [5.41, 5.74) is 0. The molecule has 3 N–H and O–H groups in total. The number of carbonyl (C=O) groups is 2. The first-order valence-corrected chi connectivity index (χ1v) is 5.99. The van der Waals surface area contributed by atoms with E-state index in [1.165, 1.54) is 6.92 Å². The van der Waals surface area contributed by atoms with Crippen molar-refractivity contribution < 1.29 is 32.8 Å². The van der Waals surface area contributed by atoms with E-state index >= 15 is 0 Å². The number of carboxylic acid groups (broad SMARTS) is 2. The molecule has 0 aromatic heterocycles. The summed E-state index contributed by atoms with van der Waals surface area (Å²) < 4.78 is 30.1. The van der Waals surface area contributed by atoms with Gasteiger partial charge in [0.05, 0.1) is 17.1 Å². The van der Waals surface area contributed by atoms with Gasteiger partial charge in [0.2, 0.25) is 0 Å². The van der Waals surface area contributed by atoms with Gasteiger partial charge >= 0.3 is 11.9 Å². The Hall–Kier alpha value is -1.15. The lowest BCUT2D eigenvalue weighted by atomic mass is 9.90. The molecule has 3 atom stereocenters. The fraction of sp³-hybridized carbons (Fsp3) is 0.750. The molecule has 0 fully saturated rings. The zero-order chi connectivity index (χ0) is 13.1. The van der Waals surface area contributed by atoms with Gasteiger partial charge in [-0.25, -0.2) is 0 Å². The Kier molecular flexibility index (Phi) is 4.88. The van der Waals surface area contributed by atoms with Crippen molar-refractivity contribution in [3.8, 4) is 0 Å². The molecule has 0 aliphatic rings. The van der Waals surface area contributed by atoms with Crippen molar-refractivity contribution >= 4 is 22.1 Å². The fourth-order valence-electron chi connectivity index (χ4n) is 1.17. The predicted octanol–water partition coefficient (Wildman–Crippen LogP) is 0.0743. The molecule has 0 radical (unpaired) electrons. The van der Waals surface area contributed by atoms with E-state index in [0.29, 0.717) is 0 Å². The smallest absolute Gasteiger partial charge is 0.307 e. The van der Waals surface area contributed by atoms with Crippen LogP contribution in [-0.4, -0.2) is 40.4 Å². The summed E-state index contributed by atoms with van der Waals surface area (Å²) in [6, 6.07) is 0. The second-order valence-corrected chi connectivity index (χ2v) is 5.47. The molecule has 0 rings (SSSR count). The number of carboxylic acids is 2. The van der Waals surface area contributed by atoms with Gasteiger partial charge in [-0.05, 0) is 13.3 Å². The van der Waals surface area contributed by atoms with Gasteiger partial charge in [0.25, 0.3) is 10.1 Å². The maximum atomic E-state index is 10.8. The highest BCUT2D eigenvalue weighted by Gasteiger charge is 2.34. The van der Waals surface area contributed by atoms with Crippen molar-refractivity contribution in [3.05, 3.63) is 0 Å². The Morgan fingerprint density at radius 1 is 1.12 bits per heavy atom. The summed E-state index contributed by atoms with van der Waals surface area (Å²) in [7, 11) is -4.35. The van der Waals surface area contributed by atoms with E-state index in [4.69, 9.17) is 14.8 Å². The highest BCUT2D eigenvalue weighted by molar-refractivity contribution is 7.86. The van der Waals surface area contributed by atoms with E-state index in [1.807, 2.05) is 0 Å². The molecular formula is C8H14O7S. The Balaban J connectivity index is 4.85.